The summed E-state index contributed by atoms with van der Waals surface area (Å²) in [5, 5.41) is 12.0. The number of carboxylic acid groups (broad SMARTS) is 1. The average molecular weight is 321 g/mol. The molecule has 0 saturated carbocycles. The Morgan fingerprint density at radius 1 is 1.08 bits per heavy atom. The first-order valence-corrected chi connectivity index (χ1v) is 7.66. The summed E-state index contributed by atoms with van der Waals surface area (Å²) in [6, 6.07) is 14.5. The maximum Gasteiger partial charge on any atom is 0.336 e. The molecule has 1 amide bonds. The molecule has 1 atom stereocenters. The summed E-state index contributed by atoms with van der Waals surface area (Å²) in [5.41, 5.74) is 2.61. The summed E-state index contributed by atoms with van der Waals surface area (Å²) >= 11 is 0. The van der Waals surface area contributed by atoms with Crippen LogP contribution < -0.4 is 5.32 Å². The summed E-state index contributed by atoms with van der Waals surface area (Å²) in [6.45, 7) is 3.46. The van der Waals surface area contributed by atoms with Gasteiger partial charge in [0.1, 0.15) is 0 Å². The van der Waals surface area contributed by atoms with Crippen LogP contribution in [-0.2, 0) is 11.2 Å². The lowest BCUT2D eigenvalue weighted by atomic mass is 10.0. The van der Waals surface area contributed by atoms with Gasteiger partial charge in [-0.15, -0.1) is 0 Å². The Balaban J connectivity index is 2.11. The van der Waals surface area contributed by atoms with E-state index < -0.39 is 5.97 Å². The van der Waals surface area contributed by atoms with E-state index in [-0.39, 0.29) is 17.5 Å². The number of benzene rings is 2. The Morgan fingerprint density at radius 3 is 2.38 bits per heavy atom. The molecule has 122 valence electrons. The number of rotatable bonds is 4. The molecule has 2 N–H and O–H groups in total. The SMILES string of the molecule is CC(=O)NC(C)Cc1ccc(C#Cc2ccccc2C(=O)O)cc1. The lowest BCUT2D eigenvalue weighted by Crippen LogP contribution is -2.31. The van der Waals surface area contributed by atoms with Crippen LogP contribution >= 0.6 is 0 Å². The molecular weight excluding hydrogens is 302 g/mol. The topological polar surface area (TPSA) is 66.4 Å². The zero-order valence-electron chi connectivity index (χ0n) is 13.7. The molecule has 24 heavy (non-hydrogen) atoms. The molecule has 2 aromatic rings. The lowest BCUT2D eigenvalue weighted by Gasteiger charge is -2.12. The summed E-state index contributed by atoms with van der Waals surface area (Å²) in [4.78, 5) is 22.2. The van der Waals surface area contributed by atoms with Gasteiger partial charge < -0.3 is 10.4 Å². The lowest BCUT2D eigenvalue weighted by molar-refractivity contribution is -0.119. The van der Waals surface area contributed by atoms with Crippen LogP contribution in [0.2, 0.25) is 0 Å². The molecule has 0 aliphatic rings. The van der Waals surface area contributed by atoms with E-state index in [1.165, 1.54) is 6.92 Å². The smallest absolute Gasteiger partial charge is 0.336 e. The van der Waals surface area contributed by atoms with Gasteiger partial charge in [-0.3, -0.25) is 4.79 Å². The Bertz CT molecular complexity index is 798. The number of hydrogen-bond acceptors (Lipinski definition) is 2. The van der Waals surface area contributed by atoms with Gasteiger partial charge in [0.2, 0.25) is 5.91 Å². The summed E-state index contributed by atoms with van der Waals surface area (Å²) < 4.78 is 0. The molecule has 2 rings (SSSR count). The predicted octanol–water partition coefficient (Wildman–Crippen LogP) is 2.85. The van der Waals surface area contributed by atoms with E-state index in [1.54, 1.807) is 24.3 Å². The minimum Gasteiger partial charge on any atom is -0.478 e. The first kappa shape index (κ1) is 17.3. The van der Waals surface area contributed by atoms with Crippen molar-refractivity contribution in [2.24, 2.45) is 0 Å². The van der Waals surface area contributed by atoms with Crippen molar-refractivity contribution in [3.63, 3.8) is 0 Å². The van der Waals surface area contributed by atoms with Crippen LogP contribution in [0.15, 0.2) is 48.5 Å². The zero-order valence-corrected chi connectivity index (χ0v) is 13.7. The molecule has 0 radical (unpaired) electrons. The van der Waals surface area contributed by atoms with Crippen molar-refractivity contribution >= 4 is 11.9 Å². The number of carbonyl (C=O) groups is 2. The van der Waals surface area contributed by atoms with E-state index in [0.717, 1.165) is 17.5 Å². The number of carbonyl (C=O) groups excluding carboxylic acids is 1. The van der Waals surface area contributed by atoms with E-state index in [0.29, 0.717) is 5.56 Å². The summed E-state index contributed by atoms with van der Waals surface area (Å²) in [7, 11) is 0. The van der Waals surface area contributed by atoms with E-state index >= 15 is 0 Å². The van der Waals surface area contributed by atoms with Gasteiger partial charge in [-0.1, -0.05) is 36.1 Å². The second kappa shape index (κ2) is 7.98. The monoisotopic (exact) mass is 321 g/mol. The minimum absolute atomic E-state index is 0.0397. The molecule has 0 aliphatic carbocycles. The van der Waals surface area contributed by atoms with E-state index in [4.69, 9.17) is 5.11 Å². The third kappa shape index (κ3) is 4.99. The van der Waals surface area contributed by atoms with Crippen LogP contribution in [-0.4, -0.2) is 23.0 Å². The maximum absolute atomic E-state index is 11.2. The fraction of sp³-hybridized carbons (Fsp3) is 0.200. The second-order valence-corrected chi connectivity index (χ2v) is 5.60. The van der Waals surface area contributed by atoms with E-state index in [9.17, 15) is 9.59 Å². The molecular formula is C20H19NO3. The Hall–Kier alpha value is -3.06. The van der Waals surface area contributed by atoms with Crippen molar-refractivity contribution < 1.29 is 14.7 Å². The molecule has 0 heterocycles. The molecule has 0 saturated heterocycles. The second-order valence-electron chi connectivity index (χ2n) is 5.60. The molecule has 0 bridgehead atoms. The third-order valence-corrected chi connectivity index (χ3v) is 3.44. The van der Waals surface area contributed by atoms with Gasteiger partial charge in [-0.25, -0.2) is 4.79 Å². The number of aromatic carboxylic acids is 1. The van der Waals surface area contributed by atoms with Gasteiger partial charge >= 0.3 is 5.97 Å². The Morgan fingerprint density at radius 2 is 1.75 bits per heavy atom. The number of amides is 1. The van der Waals surface area contributed by atoms with Gasteiger partial charge in [0.15, 0.2) is 0 Å². The van der Waals surface area contributed by atoms with Gasteiger partial charge in [0.25, 0.3) is 0 Å². The number of nitrogens with one attached hydrogen (secondary N) is 1. The fourth-order valence-electron chi connectivity index (χ4n) is 2.39. The van der Waals surface area contributed by atoms with Crippen LogP contribution in [0, 0.1) is 11.8 Å². The molecule has 4 nitrogen and oxygen atoms in total. The predicted molar refractivity (Wildman–Crippen MR) is 92.8 cm³/mol. The Labute approximate surface area is 141 Å². The van der Waals surface area contributed by atoms with Crippen LogP contribution in [0.4, 0.5) is 0 Å². The maximum atomic E-state index is 11.2. The summed E-state index contributed by atoms with van der Waals surface area (Å²) in [5.74, 6) is 4.87. The van der Waals surface area contributed by atoms with Crippen molar-refractivity contribution in [3.05, 3.63) is 70.8 Å². The first-order chi connectivity index (χ1) is 11.5. The number of hydrogen-bond donors (Lipinski definition) is 2. The highest BCUT2D eigenvalue weighted by molar-refractivity contribution is 5.90. The third-order valence-electron chi connectivity index (χ3n) is 3.44. The van der Waals surface area contributed by atoms with Crippen molar-refractivity contribution in [1.29, 1.82) is 0 Å². The first-order valence-electron chi connectivity index (χ1n) is 7.66. The highest BCUT2D eigenvalue weighted by Gasteiger charge is 2.06. The molecule has 0 aromatic heterocycles. The van der Waals surface area contributed by atoms with Crippen LogP contribution in [0.5, 0.6) is 0 Å². The van der Waals surface area contributed by atoms with Crippen molar-refractivity contribution in [2.45, 2.75) is 26.3 Å². The molecule has 0 fully saturated rings. The molecule has 0 aliphatic heterocycles. The minimum atomic E-state index is -0.984. The van der Waals surface area contributed by atoms with Gasteiger partial charge in [-0.2, -0.15) is 0 Å². The van der Waals surface area contributed by atoms with Crippen LogP contribution in [0.3, 0.4) is 0 Å². The van der Waals surface area contributed by atoms with Crippen molar-refractivity contribution in [2.75, 3.05) is 0 Å². The average Bonchev–Trinajstić information content (AvgIpc) is 2.53. The fourth-order valence-corrected chi connectivity index (χ4v) is 2.39. The molecule has 1 unspecified atom stereocenters. The van der Waals surface area contributed by atoms with Crippen LogP contribution in [0.25, 0.3) is 0 Å². The highest BCUT2D eigenvalue weighted by Crippen LogP contribution is 2.09. The van der Waals surface area contributed by atoms with E-state index in [2.05, 4.69) is 17.2 Å². The van der Waals surface area contributed by atoms with E-state index in [1.807, 2.05) is 31.2 Å². The zero-order chi connectivity index (χ0) is 17.5. The van der Waals surface area contributed by atoms with Gasteiger partial charge in [0, 0.05) is 24.1 Å². The van der Waals surface area contributed by atoms with Gasteiger partial charge in [0.05, 0.1) is 5.56 Å². The normalized spacial score (nSPS) is 11.1. The largest absolute Gasteiger partial charge is 0.478 e. The van der Waals surface area contributed by atoms with Crippen LogP contribution in [0.1, 0.15) is 40.9 Å². The standard InChI is InChI=1S/C20H19NO3/c1-14(21-15(2)22)13-17-9-7-16(8-10-17)11-12-18-5-3-4-6-19(18)20(23)24/h3-10,14H,13H2,1-2H3,(H,21,22)(H,23,24). The summed E-state index contributed by atoms with van der Waals surface area (Å²) in [6.07, 6.45) is 0.745. The highest BCUT2D eigenvalue weighted by atomic mass is 16.4. The Kier molecular flexibility index (Phi) is 5.75. The molecule has 0 spiro atoms. The molecule has 2 aromatic carbocycles. The quantitative estimate of drug-likeness (QED) is 0.851. The molecule has 4 heteroatoms. The number of carboxylic acids is 1. The van der Waals surface area contributed by atoms with Crippen molar-refractivity contribution in [3.8, 4) is 11.8 Å². The van der Waals surface area contributed by atoms with Gasteiger partial charge in [-0.05, 0) is 43.2 Å². The van der Waals surface area contributed by atoms with Crippen molar-refractivity contribution in [1.82, 2.24) is 5.32 Å².